The van der Waals surface area contributed by atoms with Gasteiger partial charge in [-0.3, -0.25) is 9.10 Å². The van der Waals surface area contributed by atoms with Gasteiger partial charge in [0, 0.05) is 15.7 Å². The first-order valence-corrected chi connectivity index (χ1v) is 11.0. The van der Waals surface area contributed by atoms with Crippen molar-refractivity contribution in [2.45, 2.75) is 33.2 Å². The largest absolute Gasteiger partial charge is 0.324 e. The lowest BCUT2D eigenvalue weighted by Gasteiger charge is -2.31. The Morgan fingerprint density at radius 1 is 1.19 bits per heavy atom. The summed E-state index contributed by atoms with van der Waals surface area (Å²) in [5.74, 6) is -0.437. The molecule has 2 aromatic rings. The van der Waals surface area contributed by atoms with Gasteiger partial charge in [-0.1, -0.05) is 42.3 Å². The normalized spacial score (nSPS) is 12.5. The molecule has 0 fully saturated rings. The SMILES string of the molecule is CC[C@H](C(=O)Nc1cccc(Cl)c1C)N(c1cc(Cl)ccc1C)S(C)(=O)=O. The van der Waals surface area contributed by atoms with Crippen molar-refractivity contribution in [3.05, 3.63) is 57.6 Å². The van der Waals surface area contributed by atoms with Crippen LogP contribution in [0.2, 0.25) is 10.0 Å². The number of anilines is 2. The van der Waals surface area contributed by atoms with Gasteiger partial charge in [0.1, 0.15) is 6.04 Å². The molecule has 2 aromatic carbocycles. The van der Waals surface area contributed by atoms with Crippen LogP contribution in [0.5, 0.6) is 0 Å². The maximum absolute atomic E-state index is 13.0. The lowest BCUT2D eigenvalue weighted by Crippen LogP contribution is -2.47. The molecule has 0 aliphatic rings. The molecule has 0 aliphatic heterocycles. The zero-order chi connectivity index (χ0) is 20.4. The molecule has 0 saturated heterocycles. The second kappa shape index (κ2) is 8.50. The highest BCUT2D eigenvalue weighted by Crippen LogP contribution is 2.30. The second-order valence-corrected chi connectivity index (χ2v) is 9.02. The van der Waals surface area contributed by atoms with Crippen LogP contribution < -0.4 is 9.62 Å². The predicted molar refractivity (Wildman–Crippen MR) is 112 cm³/mol. The minimum atomic E-state index is -3.74. The summed E-state index contributed by atoms with van der Waals surface area (Å²) >= 11 is 12.2. The summed E-state index contributed by atoms with van der Waals surface area (Å²) in [7, 11) is -3.74. The summed E-state index contributed by atoms with van der Waals surface area (Å²) in [6, 6.07) is 9.19. The Hall–Kier alpha value is -1.76. The van der Waals surface area contributed by atoms with Crippen molar-refractivity contribution in [3.63, 3.8) is 0 Å². The topological polar surface area (TPSA) is 66.5 Å². The van der Waals surface area contributed by atoms with E-state index in [1.165, 1.54) is 0 Å². The molecule has 1 atom stereocenters. The van der Waals surface area contributed by atoms with Gasteiger partial charge in [0.15, 0.2) is 0 Å². The van der Waals surface area contributed by atoms with Gasteiger partial charge in [0.25, 0.3) is 0 Å². The first-order valence-electron chi connectivity index (χ1n) is 8.37. The predicted octanol–water partition coefficient (Wildman–Crippen LogP) is 4.79. The first kappa shape index (κ1) is 21.5. The average molecular weight is 429 g/mol. The Labute approximate surface area is 170 Å². The van der Waals surface area contributed by atoms with Crippen molar-refractivity contribution in [1.29, 1.82) is 0 Å². The van der Waals surface area contributed by atoms with Gasteiger partial charge in [0.05, 0.1) is 11.9 Å². The molecule has 0 aromatic heterocycles. The highest BCUT2D eigenvalue weighted by Gasteiger charge is 2.32. The number of halogens is 2. The number of sulfonamides is 1. The summed E-state index contributed by atoms with van der Waals surface area (Å²) in [6.07, 6.45) is 1.36. The average Bonchev–Trinajstić information content (AvgIpc) is 2.58. The van der Waals surface area contributed by atoms with Crippen molar-refractivity contribution in [2.75, 3.05) is 15.9 Å². The van der Waals surface area contributed by atoms with Gasteiger partial charge in [0.2, 0.25) is 15.9 Å². The maximum atomic E-state index is 13.0. The van der Waals surface area contributed by atoms with Gasteiger partial charge in [-0.15, -0.1) is 0 Å². The second-order valence-electron chi connectivity index (χ2n) is 6.32. The van der Waals surface area contributed by atoms with Crippen LogP contribution in [0.4, 0.5) is 11.4 Å². The summed E-state index contributed by atoms with van der Waals surface area (Å²) in [6.45, 7) is 5.32. The molecule has 0 bridgehead atoms. The number of benzene rings is 2. The highest BCUT2D eigenvalue weighted by atomic mass is 35.5. The minimum absolute atomic E-state index is 0.282. The zero-order valence-corrected chi connectivity index (χ0v) is 17.9. The van der Waals surface area contributed by atoms with Gasteiger partial charge in [-0.2, -0.15) is 0 Å². The number of rotatable bonds is 6. The van der Waals surface area contributed by atoms with E-state index in [1.807, 2.05) is 0 Å². The van der Waals surface area contributed by atoms with Crippen LogP contribution >= 0.6 is 23.2 Å². The maximum Gasteiger partial charge on any atom is 0.248 e. The third-order valence-electron chi connectivity index (χ3n) is 4.26. The van der Waals surface area contributed by atoms with Crippen LogP contribution in [0.3, 0.4) is 0 Å². The van der Waals surface area contributed by atoms with Crippen molar-refractivity contribution in [3.8, 4) is 0 Å². The monoisotopic (exact) mass is 428 g/mol. The number of aryl methyl sites for hydroxylation is 1. The Balaban J connectivity index is 2.48. The summed E-state index contributed by atoms with van der Waals surface area (Å²) in [4.78, 5) is 13.0. The molecule has 2 rings (SSSR count). The Bertz CT molecular complexity index is 961. The number of nitrogens with zero attached hydrogens (tertiary/aromatic N) is 1. The third-order valence-corrected chi connectivity index (χ3v) is 6.07. The Morgan fingerprint density at radius 3 is 2.44 bits per heavy atom. The van der Waals surface area contributed by atoms with Gasteiger partial charge < -0.3 is 5.32 Å². The highest BCUT2D eigenvalue weighted by molar-refractivity contribution is 7.92. The quantitative estimate of drug-likeness (QED) is 0.718. The molecule has 1 amide bonds. The summed E-state index contributed by atoms with van der Waals surface area (Å²) in [5.41, 5.74) is 2.35. The molecule has 0 spiro atoms. The van der Waals surface area contributed by atoms with Crippen molar-refractivity contribution >= 4 is 50.5 Å². The molecule has 0 unspecified atom stereocenters. The van der Waals surface area contributed by atoms with Crippen molar-refractivity contribution in [2.24, 2.45) is 0 Å². The van der Waals surface area contributed by atoms with Gasteiger partial charge >= 0.3 is 0 Å². The van der Waals surface area contributed by atoms with Crippen molar-refractivity contribution in [1.82, 2.24) is 0 Å². The molecular weight excluding hydrogens is 407 g/mol. The van der Waals surface area contributed by atoms with Gasteiger partial charge in [-0.25, -0.2) is 8.42 Å². The Morgan fingerprint density at radius 2 is 1.85 bits per heavy atom. The zero-order valence-electron chi connectivity index (χ0n) is 15.6. The van der Waals surface area contributed by atoms with Crippen LogP contribution in [-0.2, 0) is 14.8 Å². The molecule has 5 nitrogen and oxygen atoms in total. The minimum Gasteiger partial charge on any atom is -0.324 e. The molecule has 0 heterocycles. The van der Waals surface area contributed by atoms with E-state index in [0.29, 0.717) is 32.5 Å². The van der Waals surface area contributed by atoms with E-state index in [0.717, 1.165) is 10.6 Å². The fraction of sp³-hybridized carbons (Fsp3) is 0.316. The smallest absolute Gasteiger partial charge is 0.248 e. The lowest BCUT2D eigenvalue weighted by atomic mass is 10.1. The van der Waals surface area contributed by atoms with E-state index in [4.69, 9.17) is 23.2 Å². The Kier molecular flexibility index (Phi) is 6.78. The fourth-order valence-electron chi connectivity index (χ4n) is 2.81. The number of nitrogens with one attached hydrogen (secondary N) is 1. The first-order chi connectivity index (χ1) is 12.6. The number of carbonyl (C=O) groups excluding carboxylic acids is 1. The molecule has 27 heavy (non-hydrogen) atoms. The van der Waals surface area contributed by atoms with E-state index < -0.39 is 22.0 Å². The number of carbonyl (C=O) groups is 1. The van der Waals surface area contributed by atoms with Gasteiger partial charge in [-0.05, 0) is 55.7 Å². The molecule has 8 heteroatoms. The lowest BCUT2D eigenvalue weighted by molar-refractivity contribution is -0.117. The molecule has 1 N–H and O–H groups in total. The summed E-state index contributed by atoms with van der Waals surface area (Å²) in [5, 5.41) is 3.71. The molecular formula is C19H22Cl2N2O3S. The van der Waals surface area contributed by atoms with E-state index >= 15 is 0 Å². The van der Waals surface area contributed by atoms with E-state index in [9.17, 15) is 13.2 Å². The van der Waals surface area contributed by atoms with Crippen molar-refractivity contribution < 1.29 is 13.2 Å². The van der Waals surface area contributed by atoms with E-state index in [-0.39, 0.29) is 6.42 Å². The van der Waals surface area contributed by atoms with Crippen LogP contribution in [0.15, 0.2) is 36.4 Å². The molecule has 0 aliphatic carbocycles. The number of hydrogen-bond acceptors (Lipinski definition) is 3. The third kappa shape index (κ3) is 4.94. The van der Waals surface area contributed by atoms with Crippen LogP contribution in [0.1, 0.15) is 24.5 Å². The van der Waals surface area contributed by atoms with Crippen LogP contribution in [0.25, 0.3) is 0 Å². The standard InChI is InChI=1S/C19H22Cl2N2O3S/c1-5-17(19(24)22-16-8-6-7-15(21)13(16)3)23(27(4,25)26)18-11-14(20)10-9-12(18)2/h6-11,17H,5H2,1-4H3,(H,22,24)/t17-/m1/s1. The molecule has 0 saturated carbocycles. The summed E-state index contributed by atoms with van der Waals surface area (Å²) < 4.78 is 26.2. The van der Waals surface area contributed by atoms with E-state index in [2.05, 4.69) is 5.32 Å². The number of amides is 1. The molecule has 0 radical (unpaired) electrons. The molecule has 146 valence electrons. The van der Waals surface area contributed by atoms with Crippen LogP contribution in [-0.4, -0.2) is 26.6 Å². The number of hydrogen-bond donors (Lipinski definition) is 1. The van der Waals surface area contributed by atoms with Crippen LogP contribution in [0, 0.1) is 13.8 Å². The van der Waals surface area contributed by atoms with E-state index in [1.54, 1.807) is 57.2 Å². The fourth-order valence-corrected chi connectivity index (χ4v) is 4.42.